The molecule has 2 amide bonds. The average molecular weight is 334 g/mol. The van der Waals surface area contributed by atoms with Crippen molar-refractivity contribution < 1.29 is 9.59 Å². The first-order chi connectivity index (χ1) is 12.1. The van der Waals surface area contributed by atoms with Crippen LogP contribution in [-0.4, -0.2) is 24.6 Å². The molecular formula is C21H22N2O2. The number of nitrogens with zero attached hydrogens (tertiary/aromatic N) is 2. The van der Waals surface area contributed by atoms with Gasteiger partial charge in [0.1, 0.15) is 0 Å². The normalized spacial score (nSPS) is 17.4. The summed E-state index contributed by atoms with van der Waals surface area (Å²) in [5.41, 5.74) is 1.89. The lowest BCUT2D eigenvalue weighted by Gasteiger charge is -2.30. The van der Waals surface area contributed by atoms with Gasteiger partial charge in [0.25, 0.3) is 5.91 Å². The van der Waals surface area contributed by atoms with Gasteiger partial charge in [0.15, 0.2) is 0 Å². The molecule has 0 aromatic heterocycles. The largest absolute Gasteiger partial charge is 0.296 e. The molecule has 25 heavy (non-hydrogen) atoms. The van der Waals surface area contributed by atoms with E-state index in [0.717, 1.165) is 12.0 Å². The minimum Gasteiger partial charge on any atom is -0.296 e. The standard InChI is InChI=1S/C21H22N2O2/c1-15(2)12-13-22-14-19-17-10-6-7-11-18(17)20(24)23(21(19)25)16-8-4-3-5-9-16/h3-11,14-15,19H,12-13H2,1-2H3. The molecule has 1 aliphatic heterocycles. The second-order valence-electron chi connectivity index (χ2n) is 6.62. The molecule has 4 nitrogen and oxygen atoms in total. The zero-order chi connectivity index (χ0) is 17.8. The summed E-state index contributed by atoms with van der Waals surface area (Å²) in [6.45, 7) is 4.97. The Morgan fingerprint density at radius 2 is 1.72 bits per heavy atom. The Balaban J connectivity index is 1.97. The smallest absolute Gasteiger partial charge is 0.265 e. The molecule has 1 aliphatic rings. The molecule has 0 bridgehead atoms. The third-order valence-electron chi connectivity index (χ3n) is 4.32. The molecule has 3 rings (SSSR count). The number of para-hydroxylation sites is 1. The summed E-state index contributed by atoms with van der Waals surface area (Å²) in [6, 6.07) is 16.3. The van der Waals surface area contributed by atoms with Crippen molar-refractivity contribution in [1.82, 2.24) is 0 Å². The zero-order valence-corrected chi connectivity index (χ0v) is 14.6. The SMILES string of the molecule is CC(C)CCN=CC1C(=O)N(c2ccccc2)C(=O)c2ccccc21. The summed E-state index contributed by atoms with van der Waals surface area (Å²) in [5.74, 6) is -0.489. The van der Waals surface area contributed by atoms with Crippen LogP contribution >= 0.6 is 0 Å². The van der Waals surface area contributed by atoms with Crippen molar-refractivity contribution in [2.24, 2.45) is 10.9 Å². The number of fused-ring (bicyclic) bond motifs is 1. The highest BCUT2D eigenvalue weighted by Gasteiger charge is 2.38. The maximum Gasteiger partial charge on any atom is 0.265 e. The molecule has 0 saturated heterocycles. The zero-order valence-electron chi connectivity index (χ0n) is 14.6. The van der Waals surface area contributed by atoms with E-state index in [9.17, 15) is 9.59 Å². The summed E-state index contributed by atoms with van der Waals surface area (Å²) in [7, 11) is 0. The predicted molar refractivity (Wildman–Crippen MR) is 100 cm³/mol. The number of rotatable bonds is 5. The summed E-state index contributed by atoms with van der Waals surface area (Å²) in [5, 5.41) is 0. The Morgan fingerprint density at radius 3 is 2.44 bits per heavy atom. The summed E-state index contributed by atoms with van der Waals surface area (Å²) >= 11 is 0. The molecule has 4 heteroatoms. The fourth-order valence-electron chi connectivity index (χ4n) is 2.93. The molecule has 2 aromatic carbocycles. The lowest BCUT2D eigenvalue weighted by Crippen LogP contribution is -2.45. The third kappa shape index (κ3) is 3.53. The number of amides is 2. The van der Waals surface area contributed by atoms with E-state index in [4.69, 9.17) is 0 Å². The van der Waals surface area contributed by atoms with E-state index in [0.29, 0.717) is 23.7 Å². The molecule has 0 saturated carbocycles. The molecule has 1 heterocycles. The van der Waals surface area contributed by atoms with Crippen molar-refractivity contribution in [3.8, 4) is 0 Å². The van der Waals surface area contributed by atoms with Crippen LogP contribution in [0.2, 0.25) is 0 Å². The molecule has 1 unspecified atom stereocenters. The minimum atomic E-state index is -0.527. The van der Waals surface area contributed by atoms with Gasteiger partial charge >= 0.3 is 0 Å². The van der Waals surface area contributed by atoms with Crippen molar-refractivity contribution in [3.05, 3.63) is 65.7 Å². The molecule has 0 spiro atoms. The third-order valence-corrected chi connectivity index (χ3v) is 4.32. The highest BCUT2D eigenvalue weighted by atomic mass is 16.2. The van der Waals surface area contributed by atoms with E-state index >= 15 is 0 Å². The molecule has 0 aliphatic carbocycles. The van der Waals surface area contributed by atoms with E-state index < -0.39 is 5.92 Å². The number of benzene rings is 2. The van der Waals surface area contributed by atoms with E-state index in [1.807, 2.05) is 36.4 Å². The first-order valence-electron chi connectivity index (χ1n) is 8.62. The van der Waals surface area contributed by atoms with Gasteiger partial charge in [-0.1, -0.05) is 50.2 Å². The molecule has 128 valence electrons. The van der Waals surface area contributed by atoms with E-state index in [1.165, 1.54) is 4.90 Å². The Hall–Kier alpha value is -2.75. The molecule has 0 N–H and O–H groups in total. The number of hydrogen-bond acceptors (Lipinski definition) is 3. The van der Waals surface area contributed by atoms with Crippen LogP contribution in [0.15, 0.2) is 59.6 Å². The number of anilines is 1. The highest BCUT2D eigenvalue weighted by molar-refractivity contribution is 6.29. The number of imide groups is 1. The van der Waals surface area contributed by atoms with Crippen LogP contribution in [0.1, 0.15) is 42.1 Å². The number of hydrogen-bond donors (Lipinski definition) is 0. The van der Waals surface area contributed by atoms with Crippen molar-refractivity contribution in [3.63, 3.8) is 0 Å². The van der Waals surface area contributed by atoms with Gasteiger partial charge in [-0.05, 0) is 36.1 Å². The van der Waals surface area contributed by atoms with Gasteiger partial charge in [0.2, 0.25) is 5.91 Å². The molecular weight excluding hydrogens is 312 g/mol. The Morgan fingerprint density at radius 1 is 1.04 bits per heavy atom. The van der Waals surface area contributed by atoms with Crippen molar-refractivity contribution in [2.75, 3.05) is 11.4 Å². The second kappa shape index (κ2) is 7.43. The van der Waals surface area contributed by atoms with Crippen molar-refractivity contribution in [2.45, 2.75) is 26.2 Å². The van der Waals surface area contributed by atoms with Crippen LogP contribution in [0.4, 0.5) is 5.69 Å². The van der Waals surface area contributed by atoms with E-state index in [-0.39, 0.29) is 11.8 Å². The number of carbonyl (C=O) groups excluding carboxylic acids is 2. The summed E-state index contributed by atoms with van der Waals surface area (Å²) < 4.78 is 0. The summed E-state index contributed by atoms with van der Waals surface area (Å²) in [4.78, 5) is 31.6. The maximum absolute atomic E-state index is 13.0. The molecule has 0 fully saturated rings. The highest BCUT2D eigenvalue weighted by Crippen LogP contribution is 2.31. The van der Waals surface area contributed by atoms with Gasteiger partial charge in [0.05, 0.1) is 11.6 Å². The van der Waals surface area contributed by atoms with Crippen LogP contribution in [-0.2, 0) is 4.79 Å². The lowest BCUT2D eigenvalue weighted by molar-refractivity contribution is -0.118. The monoisotopic (exact) mass is 334 g/mol. The predicted octanol–water partition coefficient (Wildman–Crippen LogP) is 4.07. The quantitative estimate of drug-likeness (QED) is 0.611. The van der Waals surface area contributed by atoms with E-state index in [2.05, 4.69) is 18.8 Å². The van der Waals surface area contributed by atoms with Crippen LogP contribution in [0, 0.1) is 5.92 Å². The topological polar surface area (TPSA) is 49.7 Å². The van der Waals surface area contributed by atoms with E-state index in [1.54, 1.807) is 24.4 Å². The second-order valence-corrected chi connectivity index (χ2v) is 6.62. The number of carbonyl (C=O) groups is 2. The number of aliphatic imine (C=N–C) groups is 1. The van der Waals surface area contributed by atoms with Gasteiger partial charge in [0, 0.05) is 18.3 Å². The van der Waals surface area contributed by atoms with Gasteiger partial charge in [-0.2, -0.15) is 0 Å². The Bertz CT molecular complexity index is 797. The Kier molecular flexibility index (Phi) is 5.08. The van der Waals surface area contributed by atoms with Crippen LogP contribution < -0.4 is 4.90 Å². The Labute approximate surface area is 148 Å². The average Bonchev–Trinajstić information content (AvgIpc) is 2.62. The summed E-state index contributed by atoms with van der Waals surface area (Å²) in [6.07, 6.45) is 2.67. The van der Waals surface area contributed by atoms with Crippen molar-refractivity contribution in [1.29, 1.82) is 0 Å². The van der Waals surface area contributed by atoms with Gasteiger partial charge in [-0.15, -0.1) is 0 Å². The van der Waals surface area contributed by atoms with Gasteiger partial charge in [-0.25, -0.2) is 4.90 Å². The first kappa shape index (κ1) is 17.1. The van der Waals surface area contributed by atoms with Crippen LogP contribution in [0.5, 0.6) is 0 Å². The van der Waals surface area contributed by atoms with Crippen LogP contribution in [0.25, 0.3) is 0 Å². The molecule has 1 atom stereocenters. The lowest BCUT2D eigenvalue weighted by atomic mass is 9.89. The fourth-order valence-corrected chi connectivity index (χ4v) is 2.93. The first-order valence-corrected chi connectivity index (χ1v) is 8.62. The fraction of sp³-hybridized carbons (Fsp3) is 0.286. The maximum atomic E-state index is 13.0. The molecule has 2 aromatic rings. The van der Waals surface area contributed by atoms with Gasteiger partial charge in [-0.3, -0.25) is 14.6 Å². The molecule has 0 radical (unpaired) electrons. The minimum absolute atomic E-state index is 0.247. The van der Waals surface area contributed by atoms with Crippen molar-refractivity contribution >= 4 is 23.7 Å². The van der Waals surface area contributed by atoms with Crippen LogP contribution in [0.3, 0.4) is 0 Å². The van der Waals surface area contributed by atoms with Gasteiger partial charge < -0.3 is 0 Å².